The molecule has 0 bridgehead atoms. The van der Waals surface area contributed by atoms with Gasteiger partial charge in [-0.15, -0.1) is 0 Å². The first-order valence-corrected chi connectivity index (χ1v) is 9.87. The number of benzene rings is 1. The van der Waals surface area contributed by atoms with E-state index in [1.807, 2.05) is 6.92 Å². The lowest BCUT2D eigenvalue weighted by molar-refractivity contribution is -0.113. The minimum absolute atomic E-state index is 0.0930. The lowest BCUT2D eigenvalue weighted by Gasteiger charge is -2.13. The highest BCUT2D eigenvalue weighted by atomic mass is 35.5. The third-order valence-electron chi connectivity index (χ3n) is 4.00. The van der Waals surface area contributed by atoms with Crippen LogP contribution >= 0.6 is 23.4 Å². The van der Waals surface area contributed by atoms with Crippen LogP contribution in [0.1, 0.15) is 5.69 Å². The minimum Gasteiger partial charge on any atom is -0.383 e. The van der Waals surface area contributed by atoms with Gasteiger partial charge < -0.3 is 10.1 Å². The van der Waals surface area contributed by atoms with Crippen LogP contribution in [0.2, 0.25) is 5.02 Å². The molecule has 1 amide bonds. The summed E-state index contributed by atoms with van der Waals surface area (Å²) in [6.45, 7) is 2.55. The van der Waals surface area contributed by atoms with Crippen molar-refractivity contribution in [3.8, 4) is 0 Å². The molecule has 28 heavy (non-hydrogen) atoms. The van der Waals surface area contributed by atoms with Crippen molar-refractivity contribution < 1.29 is 9.53 Å². The molecule has 0 saturated heterocycles. The molecule has 1 aromatic carbocycles. The summed E-state index contributed by atoms with van der Waals surface area (Å²) < 4.78 is 8.22. The number of anilines is 1. The number of thioether (sulfide) groups is 1. The van der Waals surface area contributed by atoms with E-state index >= 15 is 0 Å². The molecule has 0 fully saturated rings. The second-order valence-electron chi connectivity index (χ2n) is 6.14. The van der Waals surface area contributed by atoms with E-state index < -0.39 is 0 Å². The van der Waals surface area contributed by atoms with Crippen LogP contribution in [0, 0.1) is 6.92 Å². The zero-order valence-corrected chi connectivity index (χ0v) is 17.3. The van der Waals surface area contributed by atoms with Crippen molar-refractivity contribution in [2.24, 2.45) is 7.05 Å². The maximum absolute atomic E-state index is 12.8. The Labute approximate surface area is 170 Å². The molecule has 2 heterocycles. The van der Waals surface area contributed by atoms with Crippen LogP contribution in [0.5, 0.6) is 0 Å². The second-order valence-corrected chi connectivity index (χ2v) is 7.52. The molecule has 0 aliphatic rings. The molecule has 10 heteroatoms. The Morgan fingerprint density at radius 2 is 2.14 bits per heavy atom. The zero-order valence-electron chi connectivity index (χ0n) is 15.7. The normalized spacial score (nSPS) is 11.1. The summed E-state index contributed by atoms with van der Waals surface area (Å²) >= 11 is 7.22. The monoisotopic (exact) mass is 421 g/mol. The van der Waals surface area contributed by atoms with Gasteiger partial charge in [0.15, 0.2) is 5.16 Å². The molecular weight excluding hydrogens is 402 g/mol. The Bertz CT molecular complexity index is 1080. The van der Waals surface area contributed by atoms with Crippen molar-refractivity contribution in [2.75, 3.05) is 24.8 Å². The van der Waals surface area contributed by atoms with Gasteiger partial charge in [-0.1, -0.05) is 23.4 Å². The summed E-state index contributed by atoms with van der Waals surface area (Å²) in [6, 6.07) is 6.74. The van der Waals surface area contributed by atoms with Crippen LogP contribution in [0.15, 0.2) is 34.2 Å². The van der Waals surface area contributed by atoms with Gasteiger partial charge in [0.1, 0.15) is 5.82 Å². The van der Waals surface area contributed by atoms with Crippen molar-refractivity contribution in [3.63, 3.8) is 0 Å². The standard InChI is InChI=1S/C18H20ClN5O3S/c1-11-8-15(23(2)22-11)21-16(25)10-28-18-20-14-9-12(19)4-5-13(14)17(26)24(18)6-7-27-3/h4-5,8-9H,6-7,10H2,1-3H3,(H,21,25). The fraction of sp³-hybridized carbons (Fsp3) is 0.333. The highest BCUT2D eigenvalue weighted by molar-refractivity contribution is 7.99. The predicted molar refractivity (Wildman–Crippen MR) is 110 cm³/mol. The number of methoxy groups -OCH3 is 1. The Morgan fingerprint density at radius 1 is 1.36 bits per heavy atom. The van der Waals surface area contributed by atoms with Crippen molar-refractivity contribution in [1.82, 2.24) is 19.3 Å². The molecule has 3 aromatic rings. The number of carbonyl (C=O) groups is 1. The number of fused-ring (bicyclic) bond motifs is 1. The summed E-state index contributed by atoms with van der Waals surface area (Å²) in [5.41, 5.74) is 1.12. The number of amides is 1. The minimum atomic E-state index is -0.216. The second kappa shape index (κ2) is 8.76. The van der Waals surface area contributed by atoms with E-state index in [9.17, 15) is 9.59 Å². The number of nitrogens with one attached hydrogen (secondary N) is 1. The van der Waals surface area contributed by atoms with Gasteiger partial charge in [-0.05, 0) is 25.1 Å². The third-order valence-corrected chi connectivity index (χ3v) is 5.21. The van der Waals surface area contributed by atoms with Crippen molar-refractivity contribution in [3.05, 3.63) is 45.3 Å². The maximum Gasteiger partial charge on any atom is 0.262 e. The SMILES string of the molecule is COCCn1c(SCC(=O)Nc2cc(C)nn2C)nc2cc(Cl)ccc2c1=O. The molecular formula is C18H20ClN5O3S. The Balaban J connectivity index is 1.84. The largest absolute Gasteiger partial charge is 0.383 e. The van der Waals surface area contributed by atoms with Crippen LogP contribution in [0.4, 0.5) is 5.82 Å². The molecule has 0 unspecified atom stereocenters. The lowest BCUT2D eigenvalue weighted by Crippen LogP contribution is -2.26. The first-order chi connectivity index (χ1) is 13.4. The number of carbonyl (C=O) groups excluding carboxylic acids is 1. The molecule has 0 aliphatic heterocycles. The number of rotatable bonds is 7. The summed E-state index contributed by atoms with van der Waals surface area (Å²) in [6.07, 6.45) is 0. The summed E-state index contributed by atoms with van der Waals surface area (Å²) in [4.78, 5) is 29.7. The van der Waals surface area contributed by atoms with Crippen LogP contribution < -0.4 is 10.9 Å². The number of hydrogen-bond acceptors (Lipinski definition) is 6. The van der Waals surface area contributed by atoms with Gasteiger partial charge in [0.25, 0.3) is 5.56 Å². The van der Waals surface area contributed by atoms with Gasteiger partial charge in [-0.25, -0.2) is 4.98 Å². The summed E-state index contributed by atoms with van der Waals surface area (Å²) in [5.74, 6) is 0.486. The first-order valence-electron chi connectivity index (χ1n) is 8.51. The third kappa shape index (κ3) is 4.54. The number of aryl methyl sites for hydroxylation is 2. The average Bonchev–Trinajstić information content (AvgIpc) is 2.96. The summed E-state index contributed by atoms with van der Waals surface area (Å²) in [7, 11) is 3.32. The Hall–Kier alpha value is -2.36. The Kier molecular flexibility index (Phi) is 6.38. The molecule has 2 aromatic heterocycles. The van der Waals surface area contributed by atoms with Gasteiger partial charge in [-0.2, -0.15) is 5.10 Å². The molecule has 8 nitrogen and oxygen atoms in total. The van der Waals surface area contributed by atoms with Gasteiger partial charge in [0.2, 0.25) is 5.91 Å². The van der Waals surface area contributed by atoms with E-state index in [4.69, 9.17) is 16.3 Å². The quantitative estimate of drug-likeness (QED) is 0.465. The van der Waals surface area contributed by atoms with E-state index in [-0.39, 0.29) is 17.2 Å². The van der Waals surface area contributed by atoms with Gasteiger partial charge in [0.05, 0.1) is 35.5 Å². The van der Waals surface area contributed by atoms with E-state index in [0.29, 0.717) is 40.1 Å². The molecule has 148 valence electrons. The van der Waals surface area contributed by atoms with Gasteiger partial charge >= 0.3 is 0 Å². The number of halogens is 1. The van der Waals surface area contributed by atoms with Crippen LogP contribution in [0.3, 0.4) is 0 Å². The molecule has 0 aliphatic carbocycles. The van der Waals surface area contributed by atoms with Gasteiger partial charge in [0, 0.05) is 25.2 Å². The molecule has 0 atom stereocenters. The summed E-state index contributed by atoms with van der Waals surface area (Å²) in [5, 5.41) is 8.40. The Morgan fingerprint density at radius 3 is 2.82 bits per heavy atom. The fourth-order valence-electron chi connectivity index (χ4n) is 2.70. The van der Waals surface area contributed by atoms with Gasteiger partial charge in [-0.3, -0.25) is 18.8 Å². The predicted octanol–water partition coefficient (Wildman–Crippen LogP) is 2.47. The van der Waals surface area contributed by atoms with Crippen LogP contribution in [-0.2, 0) is 23.1 Å². The molecule has 0 saturated carbocycles. The number of nitrogens with zero attached hydrogens (tertiary/aromatic N) is 4. The van der Waals surface area contributed by atoms with Crippen LogP contribution in [0.25, 0.3) is 10.9 Å². The molecule has 3 rings (SSSR count). The first kappa shape index (κ1) is 20.4. The fourth-order valence-corrected chi connectivity index (χ4v) is 3.69. The maximum atomic E-state index is 12.8. The van der Waals surface area contributed by atoms with Crippen molar-refractivity contribution in [1.29, 1.82) is 0 Å². The van der Waals surface area contributed by atoms with E-state index in [2.05, 4.69) is 15.4 Å². The van der Waals surface area contributed by atoms with Crippen molar-refractivity contribution >= 4 is 46.0 Å². The molecule has 0 radical (unpaired) electrons. The molecule has 1 N–H and O–H groups in total. The number of aromatic nitrogens is 4. The highest BCUT2D eigenvalue weighted by Crippen LogP contribution is 2.21. The van der Waals surface area contributed by atoms with E-state index in [1.165, 1.54) is 16.3 Å². The van der Waals surface area contributed by atoms with E-state index in [0.717, 1.165) is 5.69 Å². The molecule has 0 spiro atoms. The number of ether oxygens (including phenoxy) is 1. The average molecular weight is 422 g/mol. The van der Waals surface area contributed by atoms with Crippen LogP contribution in [-0.4, -0.2) is 44.7 Å². The number of hydrogen-bond donors (Lipinski definition) is 1. The smallest absolute Gasteiger partial charge is 0.262 e. The van der Waals surface area contributed by atoms with Crippen molar-refractivity contribution in [2.45, 2.75) is 18.6 Å². The topological polar surface area (TPSA) is 91.0 Å². The zero-order chi connectivity index (χ0) is 20.3. The highest BCUT2D eigenvalue weighted by Gasteiger charge is 2.14. The van der Waals surface area contributed by atoms with E-state index in [1.54, 1.807) is 43.1 Å². The lowest BCUT2D eigenvalue weighted by atomic mass is 10.2.